The molecule has 36 heavy (non-hydrogen) atoms. The molecule has 0 unspecified atom stereocenters. The standard InChI is InChI=1S/C29H27N5O2/c1-3-4-7-28(35)32-24-12-9-21(10-13-24)29(36)33-25-11-8-20(2)23(17-25)18-27-31-16-14-26(34-27)22-6-5-15-30-19-22/h4-17,19H,3,18H2,1-2H3,(H,32,35)(H,33,36)/b7-4+. The van der Waals surface area contributed by atoms with Crippen LogP contribution < -0.4 is 10.6 Å². The van der Waals surface area contributed by atoms with E-state index in [0.29, 0.717) is 29.2 Å². The van der Waals surface area contributed by atoms with Gasteiger partial charge in [0.2, 0.25) is 5.91 Å². The highest BCUT2D eigenvalue weighted by Crippen LogP contribution is 2.21. The van der Waals surface area contributed by atoms with Gasteiger partial charge in [-0.3, -0.25) is 14.6 Å². The molecule has 0 aliphatic heterocycles. The van der Waals surface area contributed by atoms with Crippen LogP contribution in [0.1, 0.15) is 40.7 Å². The Morgan fingerprint density at radius 1 is 0.944 bits per heavy atom. The molecule has 2 aromatic heterocycles. The van der Waals surface area contributed by atoms with Crippen LogP contribution in [0.25, 0.3) is 11.3 Å². The number of benzene rings is 2. The van der Waals surface area contributed by atoms with Crippen molar-refractivity contribution in [3.8, 4) is 11.3 Å². The summed E-state index contributed by atoms with van der Waals surface area (Å²) in [6, 6.07) is 18.3. The van der Waals surface area contributed by atoms with E-state index < -0.39 is 0 Å². The molecule has 0 spiro atoms. The van der Waals surface area contributed by atoms with Crippen LogP contribution in [0.2, 0.25) is 0 Å². The molecule has 0 atom stereocenters. The van der Waals surface area contributed by atoms with Gasteiger partial charge in [0.15, 0.2) is 0 Å². The molecule has 7 heteroatoms. The molecule has 0 aliphatic carbocycles. The number of amides is 2. The number of carbonyl (C=O) groups excluding carboxylic acids is 2. The lowest BCUT2D eigenvalue weighted by molar-refractivity contribution is -0.111. The second-order valence-corrected chi connectivity index (χ2v) is 8.25. The van der Waals surface area contributed by atoms with E-state index in [4.69, 9.17) is 4.98 Å². The van der Waals surface area contributed by atoms with Crippen molar-refractivity contribution in [1.29, 1.82) is 0 Å². The van der Waals surface area contributed by atoms with Gasteiger partial charge in [-0.05, 0) is 85.1 Å². The Hall–Kier alpha value is -4.65. The molecular weight excluding hydrogens is 450 g/mol. The minimum atomic E-state index is -0.233. The number of pyridine rings is 1. The number of nitrogens with one attached hydrogen (secondary N) is 2. The maximum Gasteiger partial charge on any atom is 0.255 e. The van der Waals surface area contributed by atoms with Gasteiger partial charge in [-0.25, -0.2) is 9.97 Å². The molecule has 2 heterocycles. The van der Waals surface area contributed by atoms with Crippen molar-refractivity contribution >= 4 is 23.2 Å². The summed E-state index contributed by atoms with van der Waals surface area (Å²) >= 11 is 0. The van der Waals surface area contributed by atoms with Crippen molar-refractivity contribution in [2.45, 2.75) is 26.7 Å². The third kappa shape index (κ3) is 6.48. The number of hydrogen-bond donors (Lipinski definition) is 2. The molecule has 0 bridgehead atoms. The smallest absolute Gasteiger partial charge is 0.255 e. The summed E-state index contributed by atoms with van der Waals surface area (Å²) in [5.41, 5.74) is 5.66. The normalized spacial score (nSPS) is 10.8. The van der Waals surface area contributed by atoms with E-state index >= 15 is 0 Å². The van der Waals surface area contributed by atoms with Crippen molar-refractivity contribution in [2.75, 3.05) is 10.6 Å². The lowest BCUT2D eigenvalue weighted by Crippen LogP contribution is -2.13. The molecule has 0 fully saturated rings. The lowest BCUT2D eigenvalue weighted by atomic mass is 10.0. The molecule has 7 nitrogen and oxygen atoms in total. The van der Waals surface area contributed by atoms with Gasteiger partial charge < -0.3 is 10.6 Å². The van der Waals surface area contributed by atoms with Crippen LogP contribution in [0, 0.1) is 6.92 Å². The number of aromatic nitrogens is 3. The second-order valence-electron chi connectivity index (χ2n) is 8.25. The Kier molecular flexibility index (Phi) is 7.93. The van der Waals surface area contributed by atoms with E-state index in [1.165, 1.54) is 6.08 Å². The van der Waals surface area contributed by atoms with Crippen molar-refractivity contribution < 1.29 is 9.59 Å². The van der Waals surface area contributed by atoms with Gasteiger partial charge >= 0.3 is 0 Å². The summed E-state index contributed by atoms with van der Waals surface area (Å²) < 4.78 is 0. The first-order chi connectivity index (χ1) is 17.5. The summed E-state index contributed by atoms with van der Waals surface area (Å²) in [5.74, 6) is 0.258. The lowest BCUT2D eigenvalue weighted by Gasteiger charge is -2.11. The minimum Gasteiger partial charge on any atom is -0.323 e. The highest BCUT2D eigenvalue weighted by Gasteiger charge is 2.10. The molecule has 180 valence electrons. The van der Waals surface area contributed by atoms with E-state index in [9.17, 15) is 9.59 Å². The number of carbonyl (C=O) groups is 2. The molecule has 2 aromatic carbocycles. The first-order valence-corrected chi connectivity index (χ1v) is 11.7. The zero-order valence-electron chi connectivity index (χ0n) is 20.2. The summed E-state index contributed by atoms with van der Waals surface area (Å²) in [6.07, 6.45) is 9.86. The predicted molar refractivity (Wildman–Crippen MR) is 142 cm³/mol. The average Bonchev–Trinajstić information content (AvgIpc) is 2.90. The second kappa shape index (κ2) is 11.7. The third-order valence-electron chi connectivity index (χ3n) is 5.54. The van der Waals surface area contributed by atoms with Crippen molar-refractivity contribution in [2.24, 2.45) is 0 Å². The van der Waals surface area contributed by atoms with Gasteiger partial charge in [0, 0.05) is 47.5 Å². The average molecular weight is 478 g/mol. The highest BCUT2D eigenvalue weighted by molar-refractivity contribution is 6.05. The Bertz CT molecular complexity index is 1380. The van der Waals surface area contributed by atoms with Crippen LogP contribution >= 0.6 is 0 Å². The van der Waals surface area contributed by atoms with Gasteiger partial charge in [0.05, 0.1) is 5.69 Å². The fourth-order valence-corrected chi connectivity index (χ4v) is 3.59. The number of rotatable bonds is 8. The molecule has 0 radical (unpaired) electrons. The molecular formula is C29H27N5O2. The Morgan fingerprint density at radius 3 is 2.50 bits per heavy atom. The molecule has 2 amide bonds. The summed E-state index contributed by atoms with van der Waals surface area (Å²) in [6.45, 7) is 3.98. The molecule has 0 aliphatic rings. The molecule has 0 saturated carbocycles. The number of nitrogens with zero attached hydrogens (tertiary/aromatic N) is 3. The fourth-order valence-electron chi connectivity index (χ4n) is 3.59. The largest absolute Gasteiger partial charge is 0.323 e. The van der Waals surface area contributed by atoms with Gasteiger partial charge in [-0.2, -0.15) is 0 Å². The fraction of sp³-hybridized carbons (Fsp3) is 0.138. The van der Waals surface area contributed by atoms with E-state index in [1.807, 2.05) is 50.2 Å². The van der Waals surface area contributed by atoms with Crippen molar-refractivity contribution in [1.82, 2.24) is 15.0 Å². The SMILES string of the molecule is CC/C=C/C(=O)Nc1ccc(C(=O)Nc2ccc(C)c(Cc3nccc(-c4cccnc4)n3)c2)cc1. The van der Waals surface area contributed by atoms with Crippen LogP contribution in [-0.4, -0.2) is 26.8 Å². The number of hydrogen-bond acceptors (Lipinski definition) is 5. The topological polar surface area (TPSA) is 96.9 Å². The Balaban J connectivity index is 1.44. The monoisotopic (exact) mass is 477 g/mol. The summed E-state index contributed by atoms with van der Waals surface area (Å²) in [7, 11) is 0. The van der Waals surface area contributed by atoms with Gasteiger partial charge in [-0.15, -0.1) is 0 Å². The van der Waals surface area contributed by atoms with Crippen LogP contribution in [0.5, 0.6) is 0 Å². The molecule has 4 rings (SSSR count). The number of anilines is 2. The molecule has 2 N–H and O–H groups in total. The number of aryl methyl sites for hydroxylation is 1. The number of allylic oxidation sites excluding steroid dienone is 1. The quantitative estimate of drug-likeness (QED) is 0.322. The van der Waals surface area contributed by atoms with Crippen LogP contribution in [-0.2, 0) is 11.2 Å². The van der Waals surface area contributed by atoms with E-state index in [1.54, 1.807) is 48.9 Å². The predicted octanol–water partition coefficient (Wildman–Crippen LogP) is 5.59. The van der Waals surface area contributed by atoms with Gasteiger partial charge in [0.25, 0.3) is 5.91 Å². The van der Waals surface area contributed by atoms with Crippen molar-refractivity contribution in [3.63, 3.8) is 0 Å². The van der Waals surface area contributed by atoms with E-state index in [0.717, 1.165) is 28.8 Å². The van der Waals surface area contributed by atoms with E-state index in [-0.39, 0.29) is 11.8 Å². The maximum absolute atomic E-state index is 12.8. The first-order valence-electron chi connectivity index (χ1n) is 11.7. The molecule has 0 saturated heterocycles. The van der Waals surface area contributed by atoms with Crippen LogP contribution in [0.3, 0.4) is 0 Å². The summed E-state index contributed by atoms with van der Waals surface area (Å²) in [4.78, 5) is 37.9. The highest BCUT2D eigenvalue weighted by atomic mass is 16.2. The molecule has 4 aromatic rings. The first kappa shape index (κ1) is 24.5. The van der Waals surface area contributed by atoms with Crippen molar-refractivity contribution in [3.05, 3.63) is 114 Å². The van der Waals surface area contributed by atoms with Gasteiger partial charge in [-0.1, -0.05) is 19.1 Å². The Morgan fingerprint density at radius 2 is 1.75 bits per heavy atom. The van der Waals surface area contributed by atoms with Crippen LogP contribution in [0.4, 0.5) is 11.4 Å². The summed E-state index contributed by atoms with van der Waals surface area (Å²) in [5, 5.41) is 5.72. The third-order valence-corrected chi connectivity index (χ3v) is 5.54. The maximum atomic E-state index is 12.8. The zero-order valence-corrected chi connectivity index (χ0v) is 20.2. The minimum absolute atomic E-state index is 0.198. The van der Waals surface area contributed by atoms with Gasteiger partial charge in [0.1, 0.15) is 5.82 Å². The van der Waals surface area contributed by atoms with Crippen LogP contribution in [0.15, 0.2) is 91.4 Å². The van der Waals surface area contributed by atoms with E-state index in [2.05, 4.69) is 20.6 Å². The zero-order chi connectivity index (χ0) is 25.3. The Labute approximate surface area is 210 Å².